The van der Waals surface area contributed by atoms with Gasteiger partial charge in [-0.3, -0.25) is 14.4 Å². The first-order valence-corrected chi connectivity index (χ1v) is 9.00. The number of carbonyl (C=O) groups excluding carboxylic acids is 2. The molecule has 0 saturated heterocycles. The summed E-state index contributed by atoms with van der Waals surface area (Å²) in [6.45, 7) is 3.72. The fraction of sp³-hybridized carbons (Fsp3) is 0.350. The van der Waals surface area contributed by atoms with E-state index in [4.69, 9.17) is 4.74 Å². The van der Waals surface area contributed by atoms with E-state index in [9.17, 15) is 19.5 Å². The van der Waals surface area contributed by atoms with Crippen LogP contribution in [0.2, 0.25) is 0 Å². The molecular formula is C20H23N3O5. The highest BCUT2D eigenvalue weighted by atomic mass is 16.5. The summed E-state index contributed by atoms with van der Waals surface area (Å²) in [6, 6.07) is 7.64. The van der Waals surface area contributed by atoms with E-state index >= 15 is 0 Å². The first kappa shape index (κ1) is 19.6. The van der Waals surface area contributed by atoms with Crippen LogP contribution in [0, 0.1) is 6.92 Å². The summed E-state index contributed by atoms with van der Waals surface area (Å²) in [5.74, 6) is -1.75. The van der Waals surface area contributed by atoms with Crippen LogP contribution in [0.25, 0.3) is 0 Å². The van der Waals surface area contributed by atoms with Gasteiger partial charge in [-0.15, -0.1) is 0 Å². The average molecular weight is 385 g/mol. The van der Waals surface area contributed by atoms with Gasteiger partial charge < -0.3 is 24.6 Å². The summed E-state index contributed by atoms with van der Waals surface area (Å²) in [5.41, 5.74) is 0.867. The van der Waals surface area contributed by atoms with Crippen molar-refractivity contribution in [1.29, 1.82) is 0 Å². The number of nitrogens with zero attached hydrogens (tertiary/aromatic N) is 2. The van der Waals surface area contributed by atoms with E-state index in [0.29, 0.717) is 26.2 Å². The van der Waals surface area contributed by atoms with Gasteiger partial charge in [0.2, 0.25) is 5.43 Å². The number of amides is 2. The van der Waals surface area contributed by atoms with Gasteiger partial charge in [-0.1, -0.05) is 29.8 Å². The van der Waals surface area contributed by atoms with Gasteiger partial charge in [0.05, 0.1) is 6.61 Å². The number of aromatic hydroxyl groups is 1. The normalized spacial score (nSPS) is 13.4. The number of fused-ring (bicyclic) bond motifs is 1. The second-order valence-electron chi connectivity index (χ2n) is 6.72. The number of aromatic nitrogens is 1. The van der Waals surface area contributed by atoms with Crippen molar-refractivity contribution in [2.45, 2.75) is 20.0 Å². The van der Waals surface area contributed by atoms with Gasteiger partial charge in [0.1, 0.15) is 5.56 Å². The smallest absolute Gasteiger partial charge is 0.274 e. The summed E-state index contributed by atoms with van der Waals surface area (Å²) in [6.07, 6.45) is 1.34. The van der Waals surface area contributed by atoms with Crippen LogP contribution < -0.4 is 10.7 Å². The van der Waals surface area contributed by atoms with Crippen molar-refractivity contribution in [2.24, 2.45) is 0 Å². The third kappa shape index (κ3) is 3.91. The number of hydrogen-bond acceptors (Lipinski definition) is 5. The lowest BCUT2D eigenvalue weighted by Crippen LogP contribution is -2.44. The Morgan fingerprint density at radius 2 is 1.93 bits per heavy atom. The molecule has 28 heavy (non-hydrogen) atoms. The van der Waals surface area contributed by atoms with Crippen LogP contribution in [-0.4, -0.2) is 53.2 Å². The molecule has 0 bridgehead atoms. The second-order valence-corrected chi connectivity index (χ2v) is 6.72. The molecule has 1 aliphatic heterocycles. The van der Waals surface area contributed by atoms with Gasteiger partial charge in [-0.25, -0.2) is 0 Å². The van der Waals surface area contributed by atoms with Crippen LogP contribution in [0.3, 0.4) is 0 Å². The van der Waals surface area contributed by atoms with Gasteiger partial charge in [0.25, 0.3) is 11.8 Å². The summed E-state index contributed by atoms with van der Waals surface area (Å²) < 4.78 is 6.44. The Balaban J connectivity index is 1.81. The molecule has 8 nitrogen and oxygen atoms in total. The number of methoxy groups -OCH3 is 1. The van der Waals surface area contributed by atoms with E-state index in [2.05, 4.69) is 5.32 Å². The number of aryl methyl sites for hydroxylation is 1. The van der Waals surface area contributed by atoms with E-state index in [1.54, 1.807) is 0 Å². The van der Waals surface area contributed by atoms with Gasteiger partial charge in [-0.05, 0) is 12.5 Å². The predicted molar refractivity (Wildman–Crippen MR) is 102 cm³/mol. The van der Waals surface area contributed by atoms with Gasteiger partial charge >= 0.3 is 0 Å². The Morgan fingerprint density at radius 3 is 2.61 bits per heavy atom. The Bertz CT molecular complexity index is 950. The largest absolute Gasteiger partial charge is 0.503 e. The average Bonchev–Trinajstić information content (AvgIpc) is 2.69. The zero-order chi connectivity index (χ0) is 20.3. The molecule has 1 aromatic carbocycles. The van der Waals surface area contributed by atoms with Gasteiger partial charge in [-0.2, -0.15) is 0 Å². The fourth-order valence-electron chi connectivity index (χ4n) is 3.09. The maximum absolute atomic E-state index is 12.6. The van der Waals surface area contributed by atoms with Crippen molar-refractivity contribution < 1.29 is 19.4 Å². The number of nitrogens with one attached hydrogen (secondary N) is 1. The highest BCUT2D eigenvalue weighted by molar-refractivity contribution is 5.99. The molecule has 1 aliphatic rings. The SMILES string of the molecule is COCCN1CCn2cc(C(=O)NCc3ccc(C)cc3)c(=O)c(O)c2C1=O. The maximum atomic E-state index is 12.6. The minimum atomic E-state index is -0.852. The quantitative estimate of drug-likeness (QED) is 0.769. The molecule has 0 atom stereocenters. The minimum Gasteiger partial charge on any atom is -0.503 e. The molecule has 0 fully saturated rings. The molecule has 2 heterocycles. The van der Waals surface area contributed by atoms with Crippen LogP contribution in [0.1, 0.15) is 32.0 Å². The number of carbonyl (C=O) groups is 2. The van der Waals surface area contributed by atoms with Crippen molar-refractivity contribution in [3.63, 3.8) is 0 Å². The highest BCUT2D eigenvalue weighted by Gasteiger charge is 2.30. The first-order valence-electron chi connectivity index (χ1n) is 9.00. The van der Waals surface area contributed by atoms with Crippen molar-refractivity contribution in [2.75, 3.05) is 26.8 Å². The minimum absolute atomic E-state index is 0.0950. The van der Waals surface area contributed by atoms with Gasteiger partial charge in [0, 0.05) is 39.5 Å². The molecule has 3 rings (SSSR count). The van der Waals surface area contributed by atoms with E-state index in [1.807, 2.05) is 31.2 Å². The van der Waals surface area contributed by atoms with E-state index in [1.165, 1.54) is 22.8 Å². The fourth-order valence-corrected chi connectivity index (χ4v) is 3.09. The number of ether oxygens (including phenoxy) is 1. The number of benzene rings is 1. The second kappa shape index (κ2) is 8.26. The molecule has 2 aromatic rings. The lowest BCUT2D eigenvalue weighted by atomic mass is 10.1. The molecule has 2 N–H and O–H groups in total. The van der Waals surface area contributed by atoms with Crippen LogP contribution in [0.15, 0.2) is 35.3 Å². The molecule has 8 heteroatoms. The maximum Gasteiger partial charge on any atom is 0.274 e. The van der Waals surface area contributed by atoms with E-state index in [-0.39, 0.29) is 17.8 Å². The van der Waals surface area contributed by atoms with Crippen molar-refractivity contribution in [1.82, 2.24) is 14.8 Å². The summed E-state index contributed by atoms with van der Waals surface area (Å²) in [7, 11) is 1.53. The molecule has 0 radical (unpaired) electrons. The Kier molecular flexibility index (Phi) is 5.79. The zero-order valence-electron chi connectivity index (χ0n) is 15.9. The van der Waals surface area contributed by atoms with Gasteiger partial charge in [0.15, 0.2) is 11.4 Å². The molecular weight excluding hydrogens is 362 g/mol. The monoisotopic (exact) mass is 385 g/mol. The lowest BCUT2D eigenvalue weighted by Gasteiger charge is -2.30. The molecule has 0 saturated carbocycles. The van der Waals surface area contributed by atoms with Crippen LogP contribution >= 0.6 is 0 Å². The Labute approximate surface area is 162 Å². The first-order chi connectivity index (χ1) is 13.4. The third-order valence-corrected chi connectivity index (χ3v) is 4.74. The summed E-state index contributed by atoms with van der Waals surface area (Å²) >= 11 is 0. The third-order valence-electron chi connectivity index (χ3n) is 4.74. The predicted octanol–water partition coefficient (Wildman–Crippen LogP) is 0.895. The number of rotatable bonds is 6. The molecule has 148 valence electrons. The summed E-state index contributed by atoms with van der Waals surface area (Å²) in [4.78, 5) is 39.0. The van der Waals surface area contributed by atoms with Crippen LogP contribution in [0.5, 0.6) is 5.75 Å². The van der Waals surface area contributed by atoms with Crippen molar-refractivity contribution >= 4 is 11.8 Å². The highest BCUT2D eigenvalue weighted by Crippen LogP contribution is 2.20. The molecule has 2 amide bonds. The Hall–Kier alpha value is -3.13. The summed E-state index contributed by atoms with van der Waals surface area (Å²) in [5, 5.41) is 13.0. The topological polar surface area (TPSA) is 101 Å². The van der Waals surface area contributed by atoms with Crippen molar-refractivity contribution in [3.8, 4) is 5.75 Å². The van der Waals surface area contributed by atoms with Crippen LogP contribution in [0.4, 0.5) is 0 Å². The van der Waals surface area contributed by atoms with E-state index in [0.717, 1.165) is 11.1 Å². The number of hydrogen-bond donors (Lipinski definition) is 2. The molecule has 0 aliphatic carbocycles. The van der Waals surface area contributed by atoms with Crippen molar-refractivity contribution in [3.05, 3.63) is 63.1 Å². The molecule has 0 unspecified atom stereocenters. The number of pyridine rings is 1. The van der Waals surface area contributed by atoms with E-state index < -0.39 is 23.0 Å². The van der Waals surface area contributed by atoms with Crippen LogP contribution in [-0.2, 0) is 17.8 Å². The molecule has 1 aromatic heterocycles. The standard InChI is InChI=1S/C20H23N3O5/c1-13-3-5-14(6-4-13)11-21-19(26)15-12-23-8-7-22(9-10-28-2)20(27)16(23)18(25)17(15)24/h3-6,12,25H,7-11H2,1-2H3,(H,21,26). The zero-order valence-corrected chi connectivity index (χ0v) is 15.9. The molecule has 0 spiro atoms. The lowest BCUT2D eigenvalue weighted by molar-refractivity contribution is 0.0632. The Morgan fingerprint density at radius 1 is 1.21 bits per heavy atom.